The molecule has 0 atom stereocenters. The Bertz CT molecular complexity index is 154. The molecule has 0 unspecified atom stereocenters. The molecule has 11 heavy (non-hydrogen) atoms. The van der Waals surface area contributed by atoms with E-state index >= 15 is 0 Å². The first-order chi connectivity index (χ1) is 5.11. The minimum atomic E-state index is 0.177. The SMILES string of the molecule is CC=C(CC)CC(=O)C(C)C. The van der Waals surface area contributed by atoms with E-state index in [0.717, 1.165) is 6.42 Å². The average Bonchev–Trinajstić information content (AvgIpc) is 1.99. The first kappa shape index (κ1) is 10.4. The Labute approximate surface area is 69.5 Å². The molecule has 1 nitrogen and oxygen atoms in total. The summed E-state index contributed by atoms with van der Waals surface area (Å²) in [6.07, 6.45) is 3.68. The lowest BCUT2D eigenvalue weighted by Crippen LogP contribution is -2.07. The predicted molar refractivity (Wildman–Crippen MR) is 48.5 cm³/mol. The molecule has 0 radical (unpaired) electrons. The van der Waals surface area contributed by atoms with Crippen LogP contribution in [0.4, 0.5) is 0 Å². The van der Waals surface area contributed by atoms with E-state index in [4.69, 9.17) is 0 Å². The van der Waals surface area contributed by atoms with Gasteiger partial charge < -0.3 is 0 Å². The molecule has 0 aromatic carbocycles. The Morgan fingerprint density at radius 1 is 1.45 bits per heavy atom. The van der Waals surface area contributed by atoms with Gasteiger partial charge in [-0.2, -0.15) is 0 Å². The van der Waals surface area contributed by atoms with Gasteiger partial charge in [0.15, 0.2) is 0 Å². The summed E-state index contributed by atoms with van der Waals surface area (Å²) in [5.74, 6) is 0.524. The molecule has 0 aromatic heterocycles. The summed E-state index contributed by atoms with van der Waals surface area (Å²) < 4.78 is 0. The number of ketones is 1. The molecule has 1 heteroatoms. The van der Waals surface area contributed by atoms with Gasteiger partial charge >= 0.3 is 0 Å². The van der Waals surface area contributed by atoms with E-state index in [-0.39, 0.29) is 5.92 Å². The zero-order chi connectivity index (χ0) is 8.85. The van der Waals surface area contributed by atoms with Crippen LogP contribution in [-0.2, 0) is 4.79 Å². The molecule has 0 spiro atoms. The summed E-state index contributed by atoms with van der Waals surface area (Å²) in [6, 6.07) is 0. The maximum atomic E-state index is 11.2. The van der Waals surface area contributed by atoms with Crippen molar-refractivity contribution in [1.82, 2.24) is 0 Å². The number of hydrogen-bond donors (Lipinski definition) is 0. The third-order valence-corrected chi connectivity index (χ3v) is 1.91. The summed E-state index contributed by atoms with van der Waals surface area (Å²) in [6.45, 7) is 7.98. The molecule has 0 heterocycles. The predicted octanol–water partition coefficient (Wildman–Crippen LogP) is 2.96. The summed E-state index contributed by atoms with van der Waals surface area (Å²) in [5, 5.41) is 0. The van der Waals surface area contributed by atoms with E-state index in [0.29, 0.717) is 12.2 Å². The van der Waals surface area contributed by atoms with Crippen LogP contribution < -0.4 is 0 Å². The number of rotatable bonds is 4. The normalized spacial score (nSPS) is 12.3. The molecule has 0 rings (SSSR count). The lowest BCUT2D eigenvalue weighted by atomic mass is 10.00. The summed E-state index contributed by atoms with van der Waals surface area (Å²) in [4.78, 5) is 11.2. The zero-order valence-corrected chi connectivity index (χ0v) is 7.98. The van der Waals surface area contributed by atoms with Crippen molar-refractivity contribution in [2.75, 3.05) is 0 Å². The molecule has 0 aliphatic carbocycles. The minimum Gasteiger partial charge on any atom is -0.299 e. The molecule has 0 saturated carbocycles. The molecule has 64 valence electrons. The van der Waals surface area contributed by atoms with Crippen LogP contribution in [0.15, 0.2) is 11.6 Å². The Balaban J connectivity index is 3.93. The van der Waals surface area contributed by atoms with Crippen molar-refractivity contribution in [3.8, 4) is 0 Å². The molecular weight excluding hydrogens is 136 g/mol. The first-order valence-electron chi connectivity index (χ1n) is 4.28. The first-order valence-corrected chi connectivity index (χ1v) is 4.28. The van der Waals surface area contributed by atoms with Crippen LogP contribution in [0, 0.1) is 5.92 Å². The van der Waals surface area contributed by atoms with Crippen LogP contribution >= 0.6 is 0 Å². The number of carbonyl (C=O) groups is 1. The van der Waals surface area contributed by atoms with Gasteiger partial charge in [-0.1, -0.05) is 32.4 Å². The maximum Gasteiger partial charge on any atom is 0.139 e. The monoisotopic (exact) mass is 154 g/mol. The van der Waals surface area contributed by atoms with E-state index in [1.54, 1.807) is 0 Å². The molecular formula is C10H18O. The fourth-order valence-electron chi connectivity index (χ4n) is 0.859. The van der Waals surface area contributed by atoms with Gasteiger partial charge in [0.1, 0.15) is 5.78 Å². The number of allylic oxidation sites excluding steroid dienone is 2. The van der Waals surface area contributed by atoms with Crippen LogP contribution in [0.3, 0.4) is 0 Å². The molecule has 0 bridgehead atoms. The number of carbonyl (C=O) groups excluding carboxylic acids is 1. The van der Waals surface area contributed by atoms with Crippen LogP contribution in [0.2, 0.25) is 0 Å². The van der Waals surface area contributed by atoms with Crippen LogP contribution in [0.5, 0.6) is 0 Å². The van der Waals surface area contributed by atoms with Crippen molar-refractivity contribution in [1.29, 1.82) is 0 Å². The van der Waals surface area contributed by atoms with Crippen molar-refractivity contribution >= 4 is 5.78 Å². The van der Waals surface area contributed by atoms with Gasteiger partial charge in [0.25, 0.3) is 0 Å². The molecule has 0 amide bonds. The summed E-state index contributed by atoms with van der Waals surface area (Å²) in [7, 11) is 0. The topological polar surface area (TPSA) is 17.1 Å². The van der Waals surface area contributed by atoms with Crippen molar-refractivity contribution in [2.24, 2.45) is 5.92 Å². The van der Waals surface area contributed by atoms with Crippen LogP contribution in [0.25, 0.3) is 0 Å². The van der Waals surface area contributed by atoms with Crippen molar-refractivity contribution in [3.63, 3.8) is 0 Å². The third-order valence-electron chi connectivity index (χ3n) is 1.91. The Morgan fingerprint density at radius 3 is 2.27 bits per heavy atom. The second kappa shape index (κ2) is 5.11. The van der Waals surface area contributed by atoms with Crippen molar-refractivity contribution in [2.45, 2.75) is 40.5 Å². The van der Waals surface area contributed by atoms with Gasteiger partial charge in [-0.05, 0) is 13.3 Å². The van der Waals surface area contributed by atoms with E-state index in [9.17, 15) is 4.79 Å². The fraction of sp³-hybridized carbons (Fsp3) is 0.700. The quantitative estimate of drug-likeness (QED) is 0.569. The highest BCUT2D eigenvalue weighted by Crippen LogP contribution is 2.10. The molecule has 0 aromatic rings. The Kier molecular flexibility index (Phi) is 4.84. The standard InChI is InChI=1S/C10H18O/c1-5-9(6-2)7-10(11)8(3)4/h5,8H,6-7H2,1-4H3. The van der Waals surface area contributed by atoms with E-state index in [1.807, 2.05) is 26.8 Å². The molecule has 0 aliphatic heterocycles. The molecule has 0 aliphatic rings. The van der Waals surface area contributed by atoms with Gasteiger partial charge in [-0.25, -0.2) is 0 Å². The van der Waals surface area contributed by atoms with Crippen LogP contribution in [-0.4, -0.2) is 5.78 Å². The second-order valence-electron chi connectivity index (χ2n) is 3.10. The molecule has 0 N–H and O–H groups in total. The zero-order valence-electron chi connectivity index (χ0n) is 7.98. The minimum absolute atomic E-state index is 0.177. The maximum absolute atomic E-state index is 11.2. The van der Waals surface area contributed by atoms with Gasteiger partial charge in [-0.3, -0.25) is 4.79 Å². The molecule has 0 saturated heterocycles. The van der Waals surface area contributed by atoms with E-state index in [2.05, 4.69) is 6.92 Å². The Morgan fingerprint density at radius 2 is 2.00 bits per heavy atom. The van der Waals surface area contributed by atoms with Gasteiger partial charge in [0, 0.05) is 12.3 Å². The fourth-order valence-corrected chi connectivity index (χ4v) is 0.859. The van der Waals surface area contributed by atoms with Crippen molar-refractivity contribution < 1.29 is 4.79 Å². The average molecular weight is 154 g/mol. The Hall–Kier alpha value is -0.590. The number of Topliss-reactive ketones (excluding diaryl/α,β-unsaturated/α-hetero) is 1. The van der Waals surface area contributed by atoms with Gasteiger partial charge in [0.2, 0.25) is 0 Å². The molecule has 0 fully saturated rings. The third kappa shape index (κ3) is 3.97. The second-order valence-corrected chi connectivity index (χ2v) is 3.10. The summed E-state index contributed by atoms with van der Waals surface area (Å²) in [5.41, 5.74) is 1.25. The summed E-state index contributed by atoms with van der Waals surface area (Å²) >= 11 is 0. The number of hydrogen-bond acceptors (Lipinski definition) is 1. The van der Waals surface area contributed by atoms with Gasteiger partial charge in [0.05, 0.1) is 0 Å². The highest BCUT2D eigenvalue weighted by Gasteiger charge is 2.07. The highest BCUT2D eigenvalue weighted by molar-refractivity contribution is 5.82. The van der Waals surface area contributed by atoms with Crippen LogP contribution in [0.1, 0.15) is 40.5 Å². The lowest BCUT2D eigenvalue weighted by molar-refractivity contribution is -0.121. The lowest BCUT2D eigenvalue weighted by Gasteiger charge is -2.05. The highest BCUT2D eigenvalue weighted by atomic mass is 16.1. The van der Waals surface area contributed by atoms with Crippen molar-refractivity contribution in [3.05, 3.63) is 11.6 Å². The largest absolute Gasteiger partial charge is 0.299 e. The van der Waals surface area contributed by atoms with E-state index < -0.39 is 0 Å². The smallest absolute Gasteiger partial charge is 0.139 e. The van der Waals surface area contributed by atoms with Gasteiger partial charge in [-0.15, -0.1) is 0 Å². The van der Waals surface area contributed by atoms with E-state index in [1.165, 1.54) is 5.57 Å².